The van der Waals surface area contributed by atoms with Gasteiger partial charge in [0, 0.05) is 21.5 Å². The lowest BCUT2D eigenvalue weighted by molar-refractivity contribution is 0.105. The summed E-state index contributed by atoms with van der Waals surface area (Å²) in [4.78, 5) is 11.3. The van der Waals surface area contributed by atoms with E-state index < -0.39 is 15.2 Å². The van der Waals surface area contributed by atoms with Crippen molar-refractivity contribution in [3.05, 3.63) is 36.4 Å². The number of carbonyl (C=O) groups is 1. The van der Waals surface area contributed by atoms with Crippen LogP contribution in [0.2, 0.25) is 0 Å². The van der Waals surface area contributed by atoms with Crippen molar-refractivity contribution in [3.63, 3.8) is 0 Å². The Kier molecular flexibility index (Phi) is 4.15. The molecule has 0 radical (unpaired) electrons. The minimum atomic E-state index is -3.88. The number of fused-ring (bicyclic) bond motifs is 1. The zero-order valence-electron chi connectivity index (χ0n) is 10.5. The predicted molar refractivity (Wildman–Crippen MR) is 74.6 cm³/mol. The van der Waals surface area contributed by atoms with Crippen molar-refractivity contribution < 1.29 is 22.7 Å². The van der Waals surface area contributed by atoms with Gasteiger partial charge in [-0.05, 0) is 19.1 Å². The fourth-order valence-electron chi connectivity index (χ4n) is 1.78. The molecule has 106 valence electrons. The minimum Gasteiger partial charge on any atom is -0.434 e. The molecular formula is C13H11ClO5S. The van der Waals surface area contributed by atoms with Gasteiger partial charge in [0.25, 0.3) is 9.05 Å². The van der Waals surface area contributed by atoms with Crippen LogP contribution >= 0.6 is 10.7 Å². The van der Waals surface area contributed by atoms with Gasteiger partial charge in [0.2, 0.25) is 0 Å². The van der Waals surface area contributed by atoms with Crippen LogP contribution in [0.25, 0.3) is 10.8 Å². The highest BCUT2D eigenvalue weighted by Gasteiger charge is 2.17. The zero-order valence-corrected chi connectivity index (χ0v) is 12.1. The third-order valence-electron chi connectivity index (χ3n) is 2.56. The fraction of sp³-hybridized carbons (Fsp3) is 0.154. The fourth-order valence-corrected chi connectivity index (χ4v) is 2.86. The number of halogens is 1. The molecule has 0 aliphatic heterocycles. The van der Waals surface area contributed by atoms with Crippen molar-refractivity contribution in [1.29, 1.82) is 0 Å². The molecule has 0 bridgehead atoms. The molecule has 20 heavy (non-hydrogen) atoms. The normalized spacial score (nSPS) is 11.3. The van der Waals surface area contributed by atoms with Gasteiger partial charge in [-0.25, -0.2) is 13.2 Å². The maximum absolute atomic E-state index is 11.5. The van der Waals surface area contributed by atoms with Crippen molar-refractivity contribution >= 4 is 36.7 Å². The molecule has 0 aromatic heterocycles. The average molecular weight is 315 g/mol. The van der Waals surface area contributed by atoms with E-state index >= 15 is 0 Å². The van der Waals surface area contributed by atoms with Crippen molar-refractivity contribution in [3.8, 4) is 5.75 Å². The van der Waals surface area contributed by atoms with E-state index in [0.29, 0.717) is 10.8 Å². The van der Waals surface area contributed by atoms with Crippen LogP contribution in [0, 0.1) is 0 Å². The van der Waals surface area contributed by atoms with Crippen LogP contribution in [0.4, 0.5) is 4.79 Å². The van der Waals surface area contributed by atoms with Crippen molar-refractivity contribution in [2.75, 3.05) is 6.61 Å². The van der Waals surface area contributed by atoms with Crippen LogP contribution in [0.5, 0.6) is 5.75 Å². The van der Waals surface area contributed by atoms with Crippen molar-refractivity contribution in [2.24, 2.45) is 0 Å². The number of ether oxygens (including phenoxy) is 2. The van der Waals surface area contributed by atoms with E-state index in [0.717, 1.165) is 0 Å². The Labute approximate surface area is 120 Å². The summed E-state index contributed by atoms with van der Waals surface area (Å²) < 4.78 is 32.8. The average Bonchev–Trinajstić information content (AvgIpc) is 2.38. The Morgan fingerprint density at radius 1 is 1.15 bits per heavy atom. The molecule has 0 aliphatic rings. The van der Waals surface area contributed by atoms with Crippen LogP contribution in [-0.2, 0) is 13.8 Å². The van der Waals surface area contributed by atoms with Gasteiger partial charge in [0.15, 0.2) is 0 Å². The molecule has 0 saturated carbocycles. The first-order valence-corrected chi connectivity index (χ1v) is 8.05. The Balaban J connectivity index is 2.57. The van der Waals surface area contributed by atoms with Gasteiger partial charge >= 0.3 is 6.16 Å². The summed E-state index contributed by atoms with van der Waals surface area (Å²) in [5.74, 6) is 0.211. The van der Waals surface area contributed by atoms with E-state index in [1.165, 1.54) is 12.1 Å². The molecule has 5 nitrogen and oxygen atoms in total. The maximum Gasteiger partial charge on any atom is 0.513 e. The van der Waals surface area contributed by atoms with E-state index in [1.54, 1.807) is 31.2 Å². The van der Waals surface area contributed by atoms with Crippen LogP contribution in [0.1, 0.15) is 6.92 Å². The number of hydrogen-bond acceptors (Lipinski definition) is 5. The second-order valence-corrected chi connectivity index (χ2v) is 6.36. The highest BCUT2D eigenvalue weighted by atomic mass is 35.7. The summed E-state index contributed by atoms with van der Waals surface area (Å²) in [6.45, 7) is 1.84. The lowest BCUT2D eigenvalue weighted by atomic mass is 10.1. The molecule has 0 unspecified atom stereocenters. The Bertz CT molecular complexity index is 754. The molecule has 0 fully saturated rings. The van der Waals surface area contributed by atoms with Gasteiger partial charge in [-0.2, -0.15) is 0 Å². The van der Waals surface area contributed by atoms with Gasteiger partial charge in [-0.15, -0.1) is 0 Å². The molecule has 2 aromatic rings. The number of hydrogen-bond donors (Lipinski definition) is 0. The van der Waals surface area contributed by atoms with Crippen LogP contribution < -0.4 is 4.74 Å². The molecule has 2 rings (SSSR count). The second-order valence-electron chi connectivity index (χ2n) is 3.83. The quantitative estimate of drug-likeness (QED) is 0.494. The standard InChI is InChI=1S/C13H11ClO5S/c1-2-18-13(15)19-11-7-8-12(20(14,16)17)10-6-4-3-5-9(10)11/h3-8H,2H2,1H3. The molecule has 0 heterocycles. The van der Waals surface area contributed by atoms with E-state index in [-0.39, 0.29) is 17.3 Å². The summed E-state index contributed by atoms with van der Waals surface area (Å²) in [6, 6.07) is 9.25. The second kappa shape index (κ2) is 5.68. The van der Waals surface area contributed by atoms with E-state index in [9.17, 15) is 13.2 Å². The van der Waals surface area contributed by atoms with Gasteiger partial charge in [-0.1, -0.05) is 24.3 Å². The minimum absolute atomic E-state index is 0.0361. The van der Waals surface area contributed by atoms with E-state index in [1.807, 2.05) is 0 Å². The molecule has 2 aromatic carbocycles. The number of carbonyl (C=O) groups excluding carboxylic acids is 1. The van der Waals surface area contributed by atoms with Gasteiger partial charge < -0.3 is 9.47 Å². The third kappa shape index (κ3) is 3.02. The monoisotopic (exact) mass is 314 g/mol. The summed E-state index contributed by atoms with van der Waals surface area (Å²) in [5, 5.41) is 0.839. The topological polar surface area (TPSA) is 69.7 Å². The van der Waals surface area contributed by atoms with E-state index in [4.69, 9.17) is 15.4 Å². The van der Waals surface area contributed by atoms with Crippen LogP contribution in [-0.4, -0.2) is 21.2 Å². The first kappa shape index (κ1) is 14.6. The summed E-state index contributed by atoms with van der Waals surface area (Å²) in [7, 11) is 1.50. The first-order chi connectivity index (χ1) is 9.43. The molecule has 7 heteroatoms. The van der Waals surface area contributed by atoms with Gasteiger partial charge in [-0.3, -0.25) is 0 Å². The Morgan fingerprint density at radius 2 is 1.80 bits per heavy atom. The van der Waals surface area contributed by atoms with Crippen molar-refractivity contribution in [1.82, 2.24) is 0 Å². The molecule has 0 N–H and O–H groups in total. The third-order valence-corrected chi connectivity index (χ3v) is 3.94. The Morgan fingerprint density at radius 3 is 2.40 bits per heavy atom. The SMILES string of the molecule is CCOC(=O)Oc1ccc(S(=O)(=O)Cl)c2ccccc12. The highest BCUT2D eigenvalue weighted by Crippen LogP contribution is 2.32. The summed E-state index contributed by atoms with van der Waals surface area (Å²) in [6.07, 6.45) is -0.848. The van der Waals surface area contributed by atoms with Crippen LogP contribution in [0.15, 0.2) is 41.3 Å². The van der Waals surface area contributed by atoms with Gasteiger partial charge in [0.05, 0.1) is 11.5 Å². The molecular weight excluding hydrogens is 304 g/mol. The number of rotatable bonds is 3. The number of benzene rings is 2. The molecule has 0 spiro atoms. The highest BCUT2D eigenvalue weighted by molar-refractivity contribution is 8.14. The van der Waals surface area contributed by atoms with Gasteiger partial charge in [0.1, 0.15) is 5.75 Å². The van der Waals surface area contributed by atoms with E-state index in [2.05, 4.69) is 4.74 Å². The largest absolute Gasteiger partial charge is 0.513 e. The van der Waals surface area contributed by atoms with Crippen molar-refractivity contribution in [2.45, 2.75) is 11.8 Å². The molecule has 0 saturated heterocycles. The summed E-state index contributed by atoms with van der Waals surface area (Å²) in [5.41, 5.74) is 0. The maximum atomic E-state index is 11.5. The molecule has 0 atom stereocenters. The van der Waals surface area contributed by atoms with Crippen LogP contribution in [0.3, 0.4) is 0 Å². The Hall–Kier alpha value is -1.79. The first-order valence-electron chi connectivity index (χ1n) is 5.74. The lowest BCUT2D eigenvalue weighted by Crippen LogP contribution is -2.10. The molecule has 0 aliphatic carbocycles. The summed E-state index contributed by atoms with van der Waals surface area (Å²) >= 11 is 0. The smallest absolute Gasteiger partial charge is 0.434 e. The molecule has 0 amide bonds. The predicted octanol–water partition coefficient (Wildman–Crippen LogP) is 3.30. The zero-order chi connectivity index (χ0) is 14.8. The lowest BCUT2D eigenvalue weighted by Gasteiger charge is -2.09.